The second kappa shape index (κ2) is 8.56. The highest BCUT2D eigenvalue weighted by Gasteiger charge is 2.35. The normalized spacial score (nSPS) is 16.6. The Morgan fingerprint density at radius 2 is 1.97 bits per heavy atom. The van der Waals surface area contributed by atoms with Crippen molar-refractivity contribution < 1.29 is 26.4 Å². The largest absolute Gasteiger partial charge is 0.416 e. The van der Waals surface area contributed by atoms with E-state index in [4.69, 9.17) is 11.6 Å². The summed E-state index contributed by atoms with van der Waals surface area (Å²) in [6.07, 6.45) is -0.715. The van der Waals surface area contributed by atoms with E-state index in [0.717, 1.165) is 16.4 Å². The van der Waals surface area contributed by atoms with Gasteiger partial charge in [-0.1, -0.05) is 11.6 Å². The number of hydrogen-bond acceptors (Lipinski definition) is 4. The first-order valence-electron chi connectivity index (χ1n) is 9.12. The number of aryl methyl sites for hydroxylation is 1. The number of alkyl halides is 3. The topological polar surface area (TPSA) is 84.3 Å². The Hall–Kier alpha value is -2.11. The van der Waals surface area contributed by atoms with Gasteiger partial charge < -0.3 is 5.32 Å². The number of amides is 1. The van der Waals surface area contributed by atoms with E-state index in [1.54, 1.807) is 13.2 Å². The fraction of sp³-hybridized carbons (Fsp3) is 0.444. The lowest BCUT2D eigenvalue weighted by Gasteiger charge is -2.31. The van der Waals surface area contributed by atoms with Gasteiger partial charge in [0.25, 0.3) is 5.91 Å². The summed E-state index contributed by atoms with van der Waals surface area (Å²) in [7, 11) is -2.47. The maximum atomic E-state index is 13.0. The summed E-state index contributed by atoms with van der Waals surface area (Å²) in [4.78, 5) is 11.5. The monoisotopic (exact) mass is 464 g/mol. The summed E-state index contributed by atoms with van der Waals surface area (Å²) in [5, 5.41) is 6.47. The van der Waals surface area contributed by atoms with Crippen LogP contribution in [0.15, 0.2) is 35.5 Å². The zero-order valence-electron chi connectivity index (χ0n) is 16.0. The predicted molar refractivity (Wildman–Crippen MR) is 103 cm³/mol. The third-order valence-corrected chi connectivity index (χ3v) is 7.35. The smallest absolute Gasteiger partial charge is 0.352 e. The zero-order chi connectivity index (χ0) is 22.1. The first kappa shape index (κ1) is 22.6. The van der Waals surface area contributed by atoms with Crippen LogP contribution in [-0.2, 0) is 23.2 Å². The van der Waals surface area contributed by atoms with Crippen molar-refractivity contribution in [2.24, 2.45) is 13.0 Å². The van der Waals surface area contributed by atoms with Gasteiger partial charge in [0, 0.05) is 32.9 Å². The van der Waals surface area contributed by atoms with Crippen LogP contribution in [0.1, 0.15) is 28.8 Å². The van der Waals surface area contributed by atoms with E-state index in [2.05, 4.69) is 10.4 Å². The van der Waals surface area contributed by atoms with Gasteiger partial charge in [0.15, 0.2) is 0 Å². The lowest BCUT2D eigenvalue weighted by Crippen LogP contribution is -2.41. The lowest BCUT2D eigenvalue weighted by atomic mass is 9.98. The van der Waals surface area contributed by atoms with Crippen molar-refractivity contribution in [3.05, 3.63) is 46.7 Å². The standard InChI is InChI=1S/C18H20ClF3N4O3S/c1-25-11-13(10-24-25)17(27)23-9-12-4-6-26(7-5-12)30(28,29)16-8-14(18(20,21)22)2-3-15(16)19/h2-3,8,10-12H,4-7,9H2,1H3,(H,23,27). The number of aromatic nitrogens is 2. The van der Waals surface area contributed by atoms with Gasteiger partial charge in [-0.25, -0.2) is 8.42 Å². The highest BCUT2D eigenvalue weighted by atomic mass is 35.5. The maximum Gasteiger partial charge on any atom is 0.416 e. The molecule has 1 N–H and O–H groups in total. The summed E-state index contributed by atoms with van der Waals surface area (Å²) in [5.41, 5.74) is -0.643. The van der Waals surface area contributed by atoms with Crippen molar-refractivity contribution in [2.75, 3.05) is 19.6 Å². The van der Waals surface area contributed by atoms with Gasteiger partial charge in [-0.3, -0.25) is 9.48 Å². The molecule has 30 heavy (non-hydrogen) atoms. The summed E-state index contributed by atoms with van der Waals surface area (Å²) in [6.45, 7) is 0.622. The van der Waals surface area contributed by atoms with Crippen molar-refractivity contribution in [1.82, 2.24) is 19.4 Å². The number of hydrogen-bond donors (Lipinski definition) is 1. The SMILES string of the molecule is Cn1cc(C(=O)NCC2CCN(S(=O)(=O)c3cc(C(F)(F)F)ccc3Cl)CC2)cn1. The molecular weight excluding hydrogens is 445 g/mol. The first-order chi connectivity index (χ1) is 14.0. The molecule has 0 radical (unpaired) electrons. The van der Waals surface area contributed by atoms with E-state index >= 15 is 0 Å². The van der Waals surface area contributed by atoms with Crippen LogP contribution in [0.2, 0.25) is 5.02 Å². The number of rotatable bonds is 5. The number of benzene rings is 1. The number of carbonyl (C=O) groups is 1. The van der Waals surface area contributed by atoms with Gasteiger partial charge in [-0.15, -0.1) is 0 Å². The van der Waals surface area contributed by atoms with E-state index in [9.17, 15) is 26.4 Å². The molecule has 1 aliphatic heterocycles. The van der Waals surface area contributed by atoms with Crippen LogP contribution in [-0.4, -0.2) is 48.0 Å². The van der Waals surface area contributed by atoms with Crippen LogP contribution in [0, 0.1) is 5.92 Å². The number of nitrogens with one attached hydrogen (secondary N) is 1. The van der Waals surface area contributed by atoms with E-state index in [1.807, 2.05) is 0 Å². The minimum atomic E-state index is -4.67. The van der Waals surface area contributed by atoms with Gasteiger partial charge in [-0.2, -0.15) is 22.6 Å². The van der Waals surface area contributed by atoms with E-state index in [-0.39, 0.29) is 29.9 Å². The minimum Gasteiger partial charge on any atom is -0.352 e. The molecular formula is C18H20ClF3N4O3S. The molecule has 0 spiro atoms. The average molecular weight is 465 g/mol. The second-order valence-electron chi connectivity index (χ2n) is 7.10. The quantitative estimate of drug-likeness (QED) is 0.737. The molecule has 1 aliphatic rings. The Labute approximate surface area is 176 Å². The minimum absolute atomic E-state index is 0.0500. The fourth-order valence-electron chi connectivity index (χ4n) is 3.25. The first-order valence-corrected chi connectivity index (χ1v) is 10.9. The summed E-state index contributed by atoms with van der Waals surface area (Å²) < 4.78 is 67.2. The molecule has 0 saturated carbocycles. The molecule has 1 aromatic carbocycles. The molecule has 2 heterocycles. The van der Waals surface area contributed by atoms with Crippen LogP contribution >= 0.6 is 11.6 Å². The highest BCUT2D eigenvalue weighted by molar-refractivity contribution is 7.89. The van der Waals surface area contributed by atoms with Crippen LogP contribution in [0.5, 0.6) is 0 Å². The van der Waals surface area contributed by atoms with E-state index in [1.165, 1.54) is 10.9 Å². The second-order valence-corrected chi connectivity index (χ2v) is 9.42. The Morgan fingerprint density at radius 1 is 1.30 bits per heavy atom. The van der Waals surface area contributed by atoms with E-state index in [0.29, 0.717) is 31.0 Å². The van der Waals surface area contributed by atoms with Gasteiger partial charge in [0.05, 0.1) is 22.3 Å². The summed E-state index contributed by atoms with van der Waals surface area (Å²) in [5.74, 6) is -0.219. The molecule has 0 atom stereocenters. The highest BCUT2D eigenvalue weighted by Crippen LogP contribution is 2.35. The molecule has 164 valence electrons. The Bertz CT molecular complexity index is 1030. The number of carbonyl (C=O) groups excluding carboxylic acids is 1. The third kappa shape index (κ3) is 4.96. The molecule has 12 heteroatoms. The molecule has 1 fully saturated rings. The molecule has 2 aromatic rings. The van der Waals surface area contributed by atoms with Gasteiger partial charge in [0.1, 0.15) is 4.90 Å². The number of nitrogens with zero attached hydrogens (tertiary/aromatic N) is 3. The van der Waals surface area contributed by atoms with Crippen molar-refractivity contribution >= 4 is 27.5 Å². The Kier molecular flexibility index (Phi) is 6.44. The molecule has 0 bridgehead atoms. The summed E-state index contributed by atoms with van der Waals surface area (Å²) >= 11 is 5.90. The number of piperidine rings is 1. The Morgan fingerprint density at radius 3 is 2.53 bits per heavy atom. The van der Waals surface area contributed by atoms with Crippen LogP contribution in [0.3, 0.4) is 0 Å². The van der Waals surface area contributed by atoms with Crippen LogP contribution in [0.4, 0.5) is 13.2 Å². The third-order valence-electron chi connectivity index (χ3n) is 4.97. The van der Waals surface area contributed by atoms with Crippen molar-refractivity contribution in [2.45, 2.75) is 23.9 Å². The maximum absolute atomic E-state index is 13.0. The van der Waals surface area contributed by atoms with Crippen LogP contribution < -0.4 is 5.32 Å². The molecule has 0 unspecified atom stereocenters. The molecule has 1 saturated heterocycles. The predicted octanol–water partition coefficient (Wildman–Crippen LogP) is 2.92. The van der Waals surface area contributed by atoms with Gasteiger partial charge in [-0.05, 0) is 37.0 Å². The van der Waals surface area contributed by atoms with Crippen molar-refractivity contribution in [3.63, 3.8) is 0 Å². The molecule has 0 aliphatic carbocycles. The van der Waals surface area contributed by atoms with Crippen LogP contribution in [0.25, 0.3) is 0 Å². The molecule has 3 rings (SSSR count). The van der Waals surface area contributed by atoms with Crippen molar-refractivity contribution in [3.8, 4) is 0 Å². The van der Waals surface area contributed by atoms with Gasteiger partial charge >= 0.3 is 6.18 Å². The Balaban J connectivity index is 1.62. The summed E-state index contributed by atoms with van der Waals surface area (Å²) in [6, 6.07) is 2.26. The van der Waals surface area contributed by atoms with Gasteiger partial charge in [0.2, 0.25) is 10.0 Å². The molecule has 1 amide bonds. The average Bonchev–Trinajstić information content (AvgIpc) is 3.12. The molecule has 7 nitrogen and oxygen atoms in total. The zero-order valence-corrected chi connectivity index (χ0v) is 17.6. The fourth-order valence-corrected chi connectivity index (χ4v) is 5.22. The number of sulfonamides is 1. The van der Waals surface area contributed by atoms with E-state index < -0.39 is 26.7 Å². The van der Waals surface area contributed by atoms with Crippen molar-refractivity contribution in [1.29, 1.82) is 0 Å². The number of halogens is 4. The lowest BCUT2D eigenvalue weighted by molar-refractivity contribution is -0.137. The molecule has 1 aromatic heterocycles.